The summed E-state index contributed by atoms with van der Waals surface area (Å²) in [4.78, 5) is 25.8. The van der Waals surface area contributed by atoms with Gasteiger partial charge in [-0.2, -0.15) is 0 Å². The van der Waals surface area contributed by atoms with Gasteiger partial charge in [0.25, 0.3) is 0 Å². The van der Waals surface area contributed by atoms with Crippen LogP contribution in [0, 0.1) is 5.92 Å². The first kappa shape index (κ1) is 9.63. The third-order valence-electron chi connectivity index (χ3n) is 3.70. The standard InChI is InChI=1S/C12H13NO3/c1-2-16-11(15)12-5-8(12)3-7-4-10(14)13-6-9(7)12/h4,6,8H,2-3,5H2,1H3,(H,13,14). The fraction of sp³-hybridized carbons (Fsp3) is 0.500. The van der Waals surface area contributed by atoms with E-state index in [1.54, 1.807) is 12.3 Å². The molecule has 84 valence electrons. The van der Waals surface area contributed by atoms with Crippen LogP contribution in [0.25, 0.3) is 0 Å². The normalized spacial score (nSPS) is 29.4. The maximum absolute atomic E-state index is 11.9. The van der Waals surface area contributed by atoms with Gasteiger partial charge in [-0.05, 0) is 36.8 Å². The van der Waals surface area contributed by atoms with Crippen LogP contribution in [0.1, 0.15) is 24.5 Å². The molecule has 1 heterocycles. The summed E-state index contributed by atoms with van der Waals surface area (Å²) in [6, 6.07) is 1.60. The number of pyridine rings is 1. The summed E-state index contributed by atoms with van der Waals surface area (Å²) in [7, 11) is 0. The summed E-state index contributed by atoms with van der Waals surface area (Å²) in [5, 5.41) is 0. The van der Waals surface area contributed by atoms with Gasteiger partial charge < -0.3 is 9.72 Å². The molecule has 0 radical (unpaired) electrons. The predicted octanol–water partition coefficient (Wildman–Crippen LogP) is 0.752. The molecule has 4 heteroatoms. The van der Waals surface area contributed by atoms with Crippen molar-refractivity contribution in [1.82, 2.24) is 4.98 Å². The summed E-state index contributed by atoms with van der Waals surface area (Å²) in [5.74, 6) is 0.211. The van der Waals surface area contributed by atoms with Crippen molar-refractivity contribution in [2.75, 3.05) is 6.61 Å². The zero-order valence-corrected chi connectivity index (χ0v) is 9.08. The molecule has 0 spiro atoms. The first-order valence-electron chi connectivity index (χ1n) is 5.58. The van der Waals surface area contributed by atoms with Crippen LogP contribution in [-0.4, -0.2) is 17.6 Å². The van der Waals surface area contributed by atoms with Gasteiger partial charge in [-0.15, -0.1) is 0 Å². The molecule has 0 saturated heterocycles. The van der Waals surface area contributed by atoms with Crippen LogP contribution in [-0.2, 0) is 21.4 Å². The average molecular weight is 219 g/mol. The van der Waals surface area contributed by atoms with Gasteiger partial charge in [0, 0.05) is 12.3 Å². The second-order valence-electron chi connectivity index (χ2n) is 4.53. The molecule has 3 rings (SSSR count). The maximum atomic E-state index is 11.9. The highest BCUT2D eigenvalue weighted by Crippen LogP contribution is 2.62. The van der Waals surface area contributed by atoms with E-state index in [4.69, 9.17) is 4.74 Å². The molecule has 1 fully saturated rings. The lowest BCUT2D eigenvalue weighted by Gasteiger charge is -2.13. The van der Waals surface area contributed by atoms with E-state index in [1.807, 2.05) is 6.92 Å². The van der Waals surface area contributed by atoms with Crippen molar-refractivity contribution in [3.8, 4) is 0 Å². The van der Waals surface area contributed by atoms with E-state index in [0.717, 1.165) is 24.0 Å². The first-order chi connectivity index (χ1) is 7.68. The van der Waals surface area contributed by atoms with E-state index in [2.05, 4.69) is 4.98 Å². The van der Waals surface area contributed by atoms with Crippen molar-refractivity contribution in [3.05, 3.63) is 33.7 Å². The lowest BCUT2D eigenvalue weighted by molar-refractivity contribution is -0.146. The molecule has 0 bridgehead atoms. The summed E-state index contributed by atoms with van der Waals surface area (Å²) < 4.78 is 5.13. The fourth-order valence-electron chi connectivity index (χ4n) is 2.89. The molecule has 1 aromatic heterocycles. The highest BCUT2D eigenvalue weighted by Gasteiger charge is 2.66. The molecular formula is C12H13NO3. The number of rotatable bonds is 2. The number of aromatic amines is 1. The van der Waals surface area contributed by atoms with Gasteiger partial charge in [0.15, 0.2) is 0 Å². The molecule has 0 aromatic carbocycles. The number of ether oxygens (including phenoxy) is 1. The number of carbonyl (C=O) groups is 1. The smallest absolute Gasteiger partial charge is 0.316 e. The summed E-state index contributed by atoms with van der Waals surface area (Å²) in [6.07, 6.45) is 3.38. The predicted molar refractivity (Wildman–Crippen MR) is 57.2 cm³/mol. The maximum Gasteiger partial charge on any atom is 0.316 e. The molecule has 16 heavy (non-hydrogen) atoms. The molecule has 2 aliphatic carbocycles. The van der Waals surface area contributed by atoms with Crippen molar-refractivity contribution < 1.29 is 9.53 Å². The van der Waals surface area contributed by atoms with Gasteiger partial charge in [-0.1, -0.05) is 0 Å². The van der Waals surface area contributed by atoms with Crippen molar-refractivity contribution >= 4 is 5.97 Å². The molecule has 1 N–H and O–H groups in total. The summed E-state index contributed by atoms with van der Waals surface area (Å²) in [5.41, 5.74) is 1.44. The van der Waals surface area contributed by atoms with Crippen LogP contribution in [0.2, 0.25) is 0 Å². The Bertz CT molecular complexity index is 519. The van der Waals surface area contributed by atoms with Gasteiger partial charge in [0.05, 0.1) is 12.0 Å². The lowest BCUT2D eigenvalue weighted by Crippen LogP contribution is -2.24. The van der Waals surface area contributed by atoms with Crippen molar-refractivity contribution in [3.63, 3.8) is 0 Å². The van der Waals surface area contributed by atoms with Gasteiger partial charge in [0.1, 0.15) is 0 Å². The van der Waals surface area contributed by atoms with Gasteiger partial charge in [-0.3, -0.25) is 9.59 Å². The van der Waals surface area contributed by atoms with E-state index in [1.165, 1.54) is 0 Å². The van der Waals surface area contributed by atoms with E-state index in [9.17, 15) is 9.59 Å². The Hall–Kier alpha value is -1.58. The fourth-order valence-corrected chi connectivity index (χ4v) is 2.89. The van der Waals surface area contributed by atoms with E-state index in [0.29, 0.717) is 12.5 Å². The lowest BCUT2D eigenvalue weighted by atomic mass is 9.98. The topological polar surface area (TPSA) is 59.2 Å². The zero-order valence-electron chi connectivity index (χ0n) is 9.08. The number of aromatic nitrogens is 1. The van der Waals surface area contributed by atoms with Crippen LogP contribution in [0.3, 0.4) is 0 Å². The van der Waals surface area contributed by atoms with E-state index >= 15 is 0 Å². The summed E-state index contributed by atoms with van der Waals surface area (Å²) in [6.45, 7) is 2.22. The highest BCUT2D eigenvalue weighted by molar-refractivity contribution is 5.89. The van der Waals surface area contributed by atoms with Gasteiger partial charge in [0.2, 0.25) is 5.56 Å². The van der Waals surface area contributed by atoms with Gasteiger partial charge >= 0.3 is 5.97 Å². The van der Waals surface area contributed by atoms with E-state index in [-0.39, 0.29) is 11.5 Å². The Labute approximate surface area is 92.6 Å². The first-order valence-corrected chi connectivity index (χ1v) is 5.58. The Morgan fingerprint density at radius 1 is 1.69 bits per heavy atom. The largest absolute Gasteiger partial charge is 0.465 e. The summed E-state index contributed by atoms with van der Waals surface area (Å²) >= 11 is 0. The molecule has 2 atom stereocenters. The van der Waals surface area contributed by atoms with Crippen LogP contribution in [0.5, 0.6) is 0 Å². The van der Waals surface area contributed by atoms with Crippen molar-refractivity contribution in [1.29, 1.82) is 0 Å². The van der Waals surface area contributed by atoms with Crippen LogP contribution in [0.15, 0.2) is 17.1 Å². The number of fused-ring (bicyclic) bond motifs is 3. The second-order valence-corrected chi connectivity index (χ2v) is 4.53. The zero-order chi connectivity index (χ0) is 11.3. The molecule has 4 nitrogen and oxygen atoms in total. The SMILES string of the molecule is CCOC(=O)C12CC1Cc1cc(=O)[nH]cc12. The monoisotopic (exact) mass is 219 g/mol. The number of carbonyl (C=O) groups excluding carboxylic acids is 1. The quantitative estimate of drug-likeness (QED) is 0.747. The molecule has 0 aliphatic heterocycles. The van der Waals surface area contributed by atoms with Gasteiger partial charge in [-0.25, -0.2) is 0 Å². The molecule has 1 aromatic rings. The Morgan fingerprint density at radius 3 is 3.25 bits per heavy atom. The number of hydrogen-bond donors (Lipinski definition) is 1. The number of esters is 1. The minimum absolute atomic E-state index is 0.0981. The molecule has 2 aliphatic rings. The molecule has 0 amide bonds. The van der Waals surface area contributed by atoms with Crippen LogP contribution >= 0.6 is 0 Å². The number of hydrogen-bond acceptors (Lipinski definition) is 3. The number of H-pyrrole nitrogens is 1. The third kappa shape index (κ3) is 1.04. The Morgan fingerprint density at radius 2 is 2.50 bits per heavy atom. The molecule has 1 saturated carbocycles. The number of nitrogens with one attached hydrogen (secondary N) is 1. The third-order valence-corrected chi connectivity index (χ3v) is 3.70. The highest BCUT2D eigenvalue weighted by atomic mass is 16.5. The van der Waals surface area contributed by atoms with Crippen molar-refractivity contribution in [2.24, 2.45) is 5.92 Å². The molecule has 2 unspecified atom stereocenters. The minimum atomic E-state index is -0.435. The Balaban J connectivity index is 2.04. The second kappa shape index (κ2) is 2.97. The minimum Gasteiger partial charge on any atom is -0.465 e. The van der Waals surface area contributed by atoms with Crippen LogP contribution < -0.4 is 5.56 Å². The van der Waals surface area contributed by atoms with Crippen LogP contribution in [0.4, 0.5) is 0 Å². The average Bonchev–Trinajstić information content (AvgIpc) is 2.87. The molecular weight excluding hydrogens is 206 g/mol. The van der Waals surface area contributed by atoms with E-state index < -0.39 is 5.41 Å². The van der Waals surface area contributed by atoms with Crippen molar-refractivity contribution in [2.45, 2.75) is 25.2 Å². The Kier molecular flexibility index (Phi) is 1.79.